The van der Waals surface area contributed by atoms with Crippen molar-refractivity contribution in [2.24, 2.45) is 0 Å². The van der Waals surface area contributed by atoms with Gasteiger partial charge in [0.1, 0.15) is 17.5 Å². The van der Waals surface area contributed by atoms with Crippen molar-refractivity contribution in [1.82, 2.24) is 15.3 Å². The molecule has 0 unspecified atom stereocenters. The van der Waals surface area contributed by atoms with E-state index in [1.54, 1.807) is 25.1 Å². The number of nitrogens with two attached hydrogens (primary N) is 1. The number of fused-ring (bicyclic) bond motifs is 1. The molecule has 0 spiro atoms. The van der Waals surface area contributed by atoms with E-state index >= 15 is 4.39 Å². The van der Waals surface area contributed by atoms with Crippen molar-refractivity contribution in [1.29, 1.82) is 0 Å². The molecule has 200 valence electrons. The van der Waals surface area contributed by atoms with Crippen LogP contribution in [-0.2, 0) is 17.4 Å². The number of anilines is 2. The minimum atomic E-state index is -4.59. The zero-order chi connectivity index (χ0) is 27.9. The molecule has 4 aromatic rings. The van der Waals surface area contributed by atoms with Crippen molar-refractivity contribution in [2.75, 3.05) is 11.1 Å². The fraction of sp³-hybridized carbons (Fsp3) is 0.214. The Morgan fingerprint density at radius 2 is 1.79 bits per heavy atom. The maximum atomic E-state index is 15.8. The third-order valence-corrected chi connectivity index (χ3v) is 6.37. The van der Waals surface area contributed by atoms with E-state index in [4.69, 9.17) is 5.73 Å². The first-order valence-corrected chi connectivity index (χ1v) is 12.1. The number of benzene rings is 3. The van der Waals surface area contributed by atoms with Gasteiger partial charge in [0.25, 0.3) is 5.91 Å². The Kier molecular flexibility index (Phi) is 6.67. The Labute approximate surface area is 220 Å². The molecule has 1 aromatic heterocycles. The number of nitrogen functional groups attached to an aromatic ring is 1. The molecule has 0 aliphatic heterocycles. The summed E-state index contributed by atoms with van der Waals surface area (Å²) in [5, 5.41) is 5.41. The number of nitrogens with one attached hydrogen (secondary N) is 2. The molecule has 1 fully saturated rings. The van der Waals surface area contributed by atoms with Crippen LogP contribution in [0.2, 0.25) is 0 Å². The molecule has 0 atom stereocenters. The van der Waals surface area contributed by atoms with E-state index in [1.807, 2.05) is 0 Å². The summed E-state index contributed by atoms with van der Waals surface area (Å²) in [5.41, 5.74) is 6.75. The molecule has 7 nitrogen and oxygen atoms in total. The lowest BCUT2D eigenvalue weighted by Crippen LogP contribution is -2.27. The quantitative estimate of drug-likeness (QED) is 0.285. The van der Waals surface area contributed by atoms with Gasteiger partial charge >= 0.3 is 6.18 Å². The predicted molar refractivity (Wildman–Crippen MR) is 138 cm³/mol. The van der Waals surface area contributed by atoms with Crippen molar-refractivity contribution in [3.05, 3.63) is 82.9 Å². The molecule has 0 radical (unpaired) electrons. The van der Waals surface area contributed by atoms with Crippen LogP contribution in [0.4, 0.5) is 29.1 Å². The van der Waals surface area contributed by atoms with Gasteiger partial charge in [-0.2, -0.15) is 13.2 Å². The maximum Gasteiger partial charge on any atom is 0.416 e. The molecule has 0 saturated heterocycles. The smallest absolute Gasteiger partial charge is 0.383 e. The Bertz CT molecular complexity index is 1620. The molecular formula is C28H23F4N5O2. The number of aromatic nitrogens is 2. The van der Waals surface area contributed by atoms with Crippen LogP contribution in [0.25, 0.3) is 22.0 Å². The highest BCUT2D eigenvalue weighted by molar-refractivity contribution is 6.05. The van der Waals surface area contributed by atoms with Gasteiger partial charge in [-0.25, -0.2) is 14.4 Å². The van der Waals surface area contributed by atoms with Crippen LogP contribution in [0.15, 0.2) is 54.6 Å². The number of halogens is 4. The highest BCUT2D eigenvalue weighted by atomic mass is 19.4. The van der Waals surface area contributed by atoms with E-state index in [0.717, 1.165) is 31.0 Å². The summed E-state index contributed by atoms with van der Waals surface area (Å²) in [4.78, 5) is 33.2. The number of rotatable bonds is 6. The highest BCUT2D eigenvalue weighted by Crippen LogP contribution is 2.34. The van der Waals surface area contributed by atoms with Crippen molar-refractivity contribution in [3.8, 4) is 11.1 Å². The van der Waals surface area contributed by atoms with Crippen molar-refractivity contribution < 1.29 is 27.2 Å². The number of aryl methyl sites for hydroxylation is 1. The molecule has 0 bridgehead atoms. The van der Waals surface area contributed by atoms with Gasteiger partial charge in [0.05, 0.1) is 22.9 Å². The number of carbonyl (C=O) groups excluding carboxylic acids is 2. The number of hydrogen-bond acceptors (Lipinski definition) is 5. The highest BCUT2D eigenvalue weighted by Gasteiger charge is 2.31. The topological polar surface area (TPSA) is 110 Å². The molecule has 39 heavy (non-hydrogen) atoms. The zero-order valence-electron chi connectivity index (χ0n) is 20.7. The van der Waals surface area contributed by atoms with Gasteiger partial charge in [0.2, 0.25) is 5.91 Å². The molecular weight excluding hydrogens is 514 g/mol. The van der Waals surface area contributed by atoms with E-state index in [0.29, 0.717) is 11.1 Å². The largest absolute Gasteiger partial charge is 0.416 e. The average Bonchev–Trinajstić information content (AvgIpc) is 3.69. The Balaban J connectivity index is 1.43. The fourth-order valence-electron chi connectivity index (χ4n) is 4.23. The first kappa shape index (κ1) is 26.1. The van der Waals surface area contributed by atoms with Crippen LogP contribution >= 0.6 is 0 Å². The van der Waals surface area contributed by atoms with E-state index in [9.17, 15) is 22.8 Å². The van der Waals surface area contributed by atoms with Gasteiger partial charge in [0.15, 0.2) is 0 Å². The van der Waals surface area contributed by atoms with Crippen LogP contribution in [0.5, 0.6) is 0 Å². The second kappa shape index (κ2) is 9.97. The molecule has 4 N–H and O–H groups in total. The van der Waals surface area contributed by atoms with E-state index in [1.165, 1.54) is 18.2 Å². The number of alkyl halides is 3. The minimum Gasteiger partial charge on any atom is -0.383 e. The second-order valence-electron chi connectivity index (χ2n) is 9.43. The summed E-state index contributed by atoms with van der Waals surface area (Å²) in [6, 6.07) is 12.1. The minimum absolute atomic E-state index is 0.00310. The first-order valence-electron chi connectivity index (χ1n) is 12.1. The lowest BCUT2D eigenvalue weighted by atomic mass is 9.97. The molecule has 1 aliphatic carbocycles. The van der Waals surface area contributed by atoms with Crippen LogP contribution in [0.1, 0.15) is 40.2 Å². The standard InChI is InChI=1S/C28H23F4N5O2/c1-14-5-6-18(35-27(39)15-3-2-4-16(11-15)28(30,31)32)12-20(14)19-9-10-21-24(25(19)29)26(33)37-22(36-21)13-23(38)34-17-7-8-17/h2-6,9-12,17H,7-8,13H2,1H3,(H,34,38)(H,35,39)(H2,33,36,37). The summed E-state index contributed by atoms with van der Waals surface area (Å²) in [6.45, 7) is 1.75. The molecule has 3 aromatic carbocycles. The third kappa shape index (κ3) is 5.66. The Hall–Kier alpha value is -4.54. The van der Waals surface area contributed by atoms with Gasteiger partial charge in [0, 0.05) is 22.9 Å². The molecule has 5 rings (SSSR count). The first-order chi connectivity index (χ1) is 18.5. The normalized spacial score (nSPS) is 13.4. The summed E-state index contributed by atoms with van der Waals surface area (Å²) in [7, 11) is 0. The van der Waals surface area contributed by atoms with E-state index in [2.05, 4.69) is 20.6 Å². The Morgan fingerprint density at radius 1 is 1.03 bits per heavy atom. The predicted octanol–water partition coefficient (Wildman–Crippen LogP) is 5.42. The maximum absolute atomic E-state index is 15.8. The van der Waals surface area contributed by atoms with Crippen LogP contribution in [0.3, 0.4) is 0 Å². The van der Waals surface area contributed by atoms with Crippen molar-refractivity contribution in [3.63, 3.8) is 0 Å². The van der Waals surface area contributed by atoms with Gasteiger partial charge in [-0.15, -0.1) is 0 Å². The second-order valence-corrected chi connectivity index (χ2v) is 9.43. The van der Waals surface area contributed by atoms with Crippen LogP contribution < -0.4 is 16.4 Å². The van der Waals surface area contributed by atoms with Crippen molar-refractivity contribution >= 4 is 34.2 Å². The van der Waals surface area contributed by atoms with Crippen LogP contribution in [0, 0.1) is 12.7 Å². The van der Waals surface area contributed by atoms with E-state index in [-0.39, 0.29) is 57.7 Å². The summed E-state index contributed by atoms with van der Waals surface area (Å²) < 4.78 is 54.9. The summed E-state index contributed by atoms with van der Waals surface area (Å²) in [5.74, 6) is -1.58. The molecule has 1 heterocycles. The van der Waals surface area contributed by atoms with Gasteiger partial charge in [-0.05, 0) is 73.4 Å². The summed E-state index contributed by atoms with van der Waals surface area (Å²) >= 11 is 0. The Morgan fingerprint density at radius 3 is 2.51 bits per heavy atom. The zero-order valence-corrected chi connectivity index (χ0v) is 20.7. The van der Waals surface area contributed by atoms with E-state index < -0.39 is 23.5 Å². The molecule has 2 amide bonds. The van der Waals surface area contributed by atoms with Crippen molar-refractivity contribution in [2.45, 2.75) is 38.4 Å². The molecule has 1 aliphatic rings. The fourth-order valence-corrected chi connectivity index (χ4v) is 4.23. The third-order valence-electron chi connectivity index (χ3n) is 6.37. The number of hydrogen-bond donors (Lipinski definition) is 3. The summed E-state index contributed by atoms with van der Waals surface area (Å²) in [6.07, 6.45) is -2.78. The average molecular weight is 538 g/mol. The number of carbonyl (C=O) groups is 2. The van der Waals surface area contributed by atoms with Gasteiger partial charge < -0.3 is 16.4 Å². The van der Waals surface area contributed by atoms with Gasteiger partial charge in [-0.1, -0.05) is 12.1 Å². The SMILES string of the molecule is Cc1ccc(NC(=O)c2cccc(C(F)(F)F)c2)cc1-c1ccc2nc(CC(=O)NC3CC3)nc(N)c2c1F. The lowest BCUT2D eigenvalue weighted by Gasteiger charge is -2.14. The van der Waals surface area contributed by atoms with Crippen LogP contribution in [-0.4, -0.2) is 27.8 Å². The number of amides is 2. The molecule has 11 heteroatoms. The number of nitrogens with zero attached hydrogens (tertiary/aromatic N) is 2. The molecule has 1 saturated carbocycles. The monoisotopic (exact) mass is 537 g/mol. The lowest BCUT2D eigenvalue weighted by molar-refractivity contribution is -0.137. The van der Waals surface area contributed by atoms with Gasteiger partial charge in [-0.3, -0.25) is 9.59 Å².